The van der Waals surface area contributed by atoms with Gasteiger partial charge < -0.3 is 23.4 Å². The molecule has 0 amide bonds. The highest BCUT2D eigenvalue weighted by Gasteiger charge is 2.34. The molecular formula is C8H15O6P. The Morgan fingerprint density at radius 1 is 1.53 bits per heavy atom. The Morgan fingerprint density at radius 3 is 2.60 bits per heavy atom. The first-order chi connectivity index (χ1) is 7.06. The van der Waals surface area contributed by atoms with Gasteiger partial charge in [-0.3, -0.25) is 0 Å². The molecule has 0 spiro atoms. The average Bonchev–Trinajstić information content (AvgIpc) is 2.18. The zero-order chi connectivity index (χ0) is 11.3. The molecule has 0 aromatic rings. The van der Waals surface area contributed by atoms with E-state index in [0.29, 0.717) is 19.8 Å². The minimum Gasteiger partial charge on any atom is -0.480 e. The van der Waals surface area contributed by atoms with Gasteiger partial charge in [-0.2, -0.15) is 0 Å². The van der Waals surface area contributed by atoms with Crippen molar-refractivity contribution in [2.45, 2.75) is 6.92 Å². The van der Waals surface area contributed by atoms with Gasteiger partial charge in [-0.25, -0.2) is 4.79 Å². The normalized spacial score (nSPS) is 31.5. The Bertz CT molecular complexity index is 213. The summed E-state index contributed by atoms with van der Waals surface area (Å²) in [7, 11) is 0.296. The summed E-state index contributed by atoms with van der Waals surface area (Å²) in [6.45, 7) is 2.82. The SMILES string of the molecule is COP1OCC(C)(COCC(=O)O)CO1. The predicted octanol–water partition coefficient (Wildman–Crippen LogP) is 1.01. The van der Waals surface area contributed by atoms with Crippen LogP contribution in [0.15, 0.2) is 0 Å². The number of carbonyl (C=O) groups is 1. The number of hydrogen-bond acceptors (Lipinski definition) is 5. The smallest absolute Gasteiger partial charge is 0.332 e. The van der Waals surface area contributed by atoms with Crippen LogP contribution in [-0.2, 0) is 23.1 Å². The first kappa shape index (κ1) is 12.8. The molecule has 88 valence electrons. The van der Waals surface area contributed by atoms with Crippen LogP contribution in [0.25, 0.3) is 0 Å². The summed E-state index contributed by atoms with van der Waals surface area (Å²) in [5, 5.41) is 8.40. The van der Waals surface area contributed by atoms with Crippen LogP contribution in [-0.4, -0.2) is 44.6 Å². The molecule has 1 fully saturated rings. The molecule has 7 heteroatoms. The third kappa shape index (κ3) is 4.40. The molecule has 0 aliphatic carbocycles. The predicted molar refractivity (Wildman–Crippen MR) is 52.4 cm³/mol. The summed E-state index contributed by atoms with van der Waals surface area (Å²) in [4.78, 5) is 10.2. The number of carboxylic acid groups (broad SMARTS) is 1. The summed E-state index contributed by atoms with van der Waals surface area (Å²) in [5.74, 6) is -0.976. The molecule has 1 aliphatic heterocycles. The fourth-order valence-corrected chi connectivity index (χ4v) is 2.19. The van der Waals surface area contributed by atoms with Crippen molar-refractivity contribution in [1.29, 1.82) is 0 Å². The average molecular weight is 238 g/mol. The van der Waals surface area contributed by atoms with E-state index >= 15 is 0 Å². The van der Waals surface area contributed by atoms with Crippen LogP contribution in [0, 0.1) is 5.41 Å². The molecule has 0 bridgehead atoms. The summed E-state index contributed by atoms with van der Waals surface area (Å²) < 4.78 is 20.5. The fourth-order valence-electron chi connectivity index (χ4n) is 1.07. The molecule has 0 unspecified atom stereocenters. The lowest BCUT2D eigenvalue weighted by Crippen LogP contribution is -2.36. The highest BCUT2D eigenvalue weighted by Crippen LogP contribution is 2.45. The van der Waals surface area contributed by atoms with Gasteiger partial charge in [-0.1, -0.05) is 6.92 Å². The van der Waals surface area contributed by atoms with Crippen LogP contribution < -0.4 is 0 Å². The molecule has 1 aliphatic rings. The van der Waals surface area contributed by atoms with Gasteiger partial charge in [0.25, 0.3) is 0 Å². The molecule has 1 heterocycles. The summed E-state index contributed by atoms with van der Waals surface area (Å²) in [5.41, 5.74) is -0.299. The van der Waals surface area contributed by atoms with Crippen LogP contribution in [0.2, 0.25) is 0 Å². The van der Waals surface area contributed by atoms with Crippen LogP contribution in [0.1, 0.15) is 6.92 Å². The topological polar surface area (TPSA) is 74.2 Å². The van der Waals surface area contributed by atoms with Crippen molar-refractivity contribution in [2.75, 3.05) is 33.5 Å². The molecule has 0 atom stereocenters. The number of hydrogen-bond donors (Lipinski definition) is 1. The lowest BCUT2D eigenvalue weighted by atomic mass is 9.94. The van der Waals surface area contributed by atoms with Gasteiger partial charge in [0.15, 0.2) is 0 Å². The number of carboxylic acids is 1. The third-order valence-corrected chi connectivity index (χ3v) is 2.84. The molecule has 0 saturated carbocycles. The number of rotatable bonds is 5. The first-order valence-corrected chi connectivity index (χ1v) is 5.55. The summed E-state index contributed by atoms with van der Waals surface area (Å²) >= 11 is 0. The van der Waals surface area contributed by atoms with E-state index in [4.69, 9.17) is 23.4 Å². The van der Waals surface area contributed by atoms with E-state index in [9.17, 15) is 4.79 Å². The lowest BCUT2D eigenvalue weighted by Gasteiger charge is -2.34. The van der Waals surface area contributed by atoms with E-state index in [0.717, 1.165) is 0 Å². The standard InChI is InChI=1S/C8H15O6P/c1-8(4-12-3-7(9)10)5-13-15(11-2)14-6-8/h3-6H2,1-2H3,(H,9,10). The second-order valence-corrected chi connectivity index (χ2v) is 4.98. The monoisotopic (exact) mass is 238 g/mol. The highest BCUT2D eigenvalue weighted by atomic mass is 31.2. The van der Waals surface area contributed by atoms with Crippen LogP contribution in [0.4, 0.5) is 0 Å². The molecule has 15 heavy (non-hydrogen) atoms. The minimum absolute atomic E-state index is 0.297. The number of aliphatic carboxylic acids is 1. The molecule has 0 aromatic carbocycles. The van der Waals surface area contributed by atoms with Crippen molar-refractivity contribution in [2.24, 2.45) is 5.41 Å². The quantitative estimate of drug-likeness (QED) is 0.720. The maximum Gasteiger partial charge on any atom is 0.332 e. The zero-order valence-electron chi connectivity index (χ0n) is 8.76. The summed E-state index contributed by atoms with van der Waals surface area (Å²) in [6.07, 6.45) is 0. The van der Waals surface area contributed by atoms with E-state index < -0.39 is 14.6 Å². The van der Waals surface area contributed by atoms with Crippen LogP contribution in [0.3, 0.4) is 0 Å². The minimum atomic E-state index is -1.23. The molecule has 6 nitrogen and oxygen atoms in total. The molecule has 0 aromatic heterocycles. The second-order valence-electron chi connectivity index (χ2n) is 3.65. The van der Waals surface area contributed by atoms with Crippen LogP contribution in [0.5, 0.6) is 0 Å². The van der Waals surface area contributed by atoms with Gasteiger partial charge >= 0.3 is 14.6 Å². The Balaban J connectivity index is 2.25. The molecule has 1 N–H and O–H groups in total. The maximum atomic E-state index is 10.2. The number of ether oxygens (including phenoxy) is 1. The fraction of sp³-hybridized carbons (Fsp3) is 0.875. The second kappa shape index (κ2) is 5.72. The Kier molecular flexibility index (Phi) is 4.89. The Hall–Kier alpha value is -0.260. The Morgan fingerprint density at radius 2 is 2.13 bits per heavy atom. The van der Waals surface area contributed by atoms with E-state index in [1.54, 1.807) is 0 Å². The van der Waals surface area contributed by atoms with E-state index in [1.807, 2.05) is 6.92 Å². The van der Waals surface area contributed by atoms with Gasteiger partial charge in [0.1, 0.15) is 6.61 Å². The van der Waals surface area contributed by atoms with Crippen molar-refractivity contribution in [3.05, 3.63) is 0 Å². The van der Waals surface area contributed by atoms with E-state index in [2.05, 4.69) is 0 Å². The highest BCUT2D eigenvalue weighted by molar-refractivity contribution is 7.41. The van der Waals surface area contributed by atoms with Gasteiger partial charge in [0.05, 0.1) is 19.8 Å². The summed E-state index contributed by atoms with van der Waals surface area (Å²) in [6, 6.07) is 0. The molecule has 1 rings (SSSR count). The maximum absolute atomic E-state index is 10.2. The molecular weight excluding hydrogens is 223 g/mol. The van der Waals surface area contributed by atoms with Gasteiger partial charge in [0.2, 0.25) is 0 Å². The third-order valence-electron chi connectivity index (χ3n) is 1.86. The Labute approximate surface area is 89.5 Å². The van der Waals surface area contributed by atoms with E-state index in [1.165, 1.54) is 7.11 Å². The molecule has 0 radical (unpaired) electrons. The molecule has 1 saturated heterocycles. The zero-order valence-corrected chi connectivity index (χ0v) is 9.66. The van der Waals surface area contributed by atoms with Crippen molar-refractivity contribution in [3.8, 4) is 0 Å². The van der Waals surface area contributed by atoms with E-state index in [-0.39, 0.29) is 12.0 Å². The van der Waals surface area contributed by atoms with Crippen molar-refractivity contribution < 1.29 is 28.2 Å². The van der Waals surface area contributed by atoms with Gasteiger partial charge in [-0.15, -0.1) is 0 Å². The van der Waals surface area contributed by atoms with Crippen LogP contribution >= 0.6 is 8.60 Å². The largest absolute Gasteiger partial charge is 0.480 e. The first-order valence-electron chi connectivity index (χ1n) is 4.45. The van der Waals surface area contributed by atoms with Crippen molar-refractivity contribution >= 4 is 14.6 Å². The van der Waals surface area contributed by atoms with Gasteiger partial charge in [0, 0.05) is 12.5 Å². The lowest BCUT2D eigenvalue weighted by molar-refractivity contribution is -0.144. The van der Waals surface area contributed by atoms with Crippen molar-refractivity contribution in [1.82, 2.24) is 0 Å². The van der Waals surface area contributed by atoms with Crippen molar-refractivity contribution in [3.63, 3.8) is 0 Å². The van der Waals surface area contributed by atoms with Gasteiger partial charge in [-0.05, 0) is 0 Å².